The molecule has 0 amide bonds. The number of hydrogen-bond donors (Lipinski definition) is 1. The maximum atomic E-state index is 11.5. The molecule has 0 spiro atoms. The van der Waals surface area contributed by atoms with E-state index in [-0.39, 0.29) is 5.41 Å². The second kappa shape index (κ2) is 8.14. The number of rotatable bonds is 5. The molecule has 1 N–H and O–H groups in total. The number of carboxylic acids is 1. The summed E-state index contributed by atoms with van der Waals surface area (Å²) in [5.74, 6) is -0.929. The van der Waals surface area contributed by atoms with Crippen LogP contribution >= 0.6 is 0 Å². The largest absolute Gasteiger partial charge is 0.478 e. The summed E-state index contributed by atoms with van der Waals surface area (Å²) in [7, 11) is 0. The molecule has 1 aromatic carbocycles. The molecule has 0 aliphatic carbocycles. The molecule has 0 aromatic heterocycles. The zero-order valence-electron chi connectivity index (χ0n) is 14.1. The fourth-order valence-electron chi connectivity index (χ4n) is 2.11. The minimum atomic E-state index is -0.929. The van der Waals surface area contributed by atoms with Gasteiger partial charge in [-0.1, -0.05) is 51.1 Å². The average molecular weight is 309 g/mol. The van der Waals surface area contributed by atoms with Gasteiger partial charge in [0.2, 0.25) is 0 Å². The average Bonchev–Trinajstić information content (AvgIpc) is 2.45. The Morgan fingerprint density at radius 3 is 2.30 bits per heavy atom. The second-order valence-corrected chi connectivity index (χ2v) is 6.71. The van der Waals surface area contributed by atoms with E-state index in [0.717, 1.165) is 5.56 Å². The lowest BCUT2D eigenvalue weighted by atomic mass is 9.87. The normalized spacial score (nSPS) is 13.6. The Hall–Kier alpha value is -2.60. The summed E-state index contributed by atoms with van der Waals surface area (Å²) in [6.07, 6.45) is 5.69. The molecule has 0 radical (unpaired) electrons. The number of allylic oxidation sites excluding steroid dienone is 4. The van der Waals surface area contributed by atoms with E-state index >= 15 is 0 Å². The van der Waals surface area contributed by atoms with Crippen LogP contribution in [0.5, 0.6) is 0 Å². The summed E-state index contributed by atoms with van der Waals surface area (Å²) in [4.78, 5) is 11.5. The quantitative estimate of drug-likeness (QED) is 0.473. The third kappa shape index (κ3) is 7.28. The van der Waals surface area contributed by atoms with E-state index in [1.165, 1.54) is 0 Å². The minimum Gasteiger partial charge on any atom is -0.478 e. The van der Waals surface area contributed by atoms with Crippen LogP contribution in [0.4, 0.5) is 0 Å². The maximum Gasteiger partial charge on any atom is 0.331 e. The Balaban J connectivity index is 3.33. The number of hydrogen-bond acceptors (Lipinski definition) is 2. The van der Waals surface area contributed by atoms with Crippen molar-refractivity contribution in [1.82, 2.24) is 0 Å². The summed E-state index contributed by atoms with van der Waals surface area (Å²) >= 11 is 0. The highest BCUT2D eigenvalue weighted by molar-refractivity contribution is 5.88. The Bertz CT molecular complexity index is 681. The first-order chi connectivity index (χ1) is 10.7. The van der Waals surface area contributed by atoms with Crippen LogP contribution in [0, 0.1) is 16.7 Å². The Kier molecular flexibility index (Phi) is 6.53. The Morgan fingerprint density at radius 1 is 1.22 bits per heavy atom. The van der Waals surface area contributed by atoms with Crippen molar-refractivity contribution in [3.63, 3.8) is 0 Å². The van der Waals surface area contributed by atoms with Gasteiger partial charge in [-0.05, 0) is 48.1 Å². The molecule has 0 saturated carbocycles. The monoisotopic (exact) mass is 309 g/mol. The van der Waals surface area contributed by atoms with Gasteiger partial charge in [0.1, 0.15) is 0 Å². The zero-order valence-corrected chi connectivity index (χ0v) is 14.1. The first-order valence-corrected chi connectivity index (χ1v) is 7.50. The van der Waals surface area contributed by atoms with Gasteiger partial charge >= 0.3 is 5.97 Å². The van der Waals surface area contributed by atoms with Crippen LogP contribution in [0.15, 0.2) is 59.2 Å². The molecule has 0 saturated heterocycles. The standard InChI is InChI=1S/C20H23NO2/c1-15(14-21)10-17(11-16-8-6-5-7-9-16)12-18(19(22)23)13-20(2,3)4/h5-12H,13H2,1-4H3,(H,22,23). The molecular formula is C20H23NO2. The van der Waals surface area contributed by atoms with Crippen molar-refractivity contribution in [2.45, 2.75) is 34.1 Å². The summed E-state index contributed by atoms with van der Waals surface area (Å²) in [6, 6.07) is 11.7. The lowest BCUT2D eigenvalue weighted by Crippen LogP contribution is -2.12. The van der Waals surface area contributed by atoms with Crippen LogP contribution in [0.1, 0.15) is 39.7 Å². The molecule has 1 rings (SSSR count). The highest BCUT2D eigenvalue weighted by Crippen LogP contribution is 2.26. The molecule has 23 heavy (non-hydrogen) atoms. The van der Waals surface area contributed by atoms with Crippen molar-refractivity contribution in [3.05, 3.63) is 64.8 Å². The van der Waals surface area contributed by atoms with Gasteiger partial charge in [0.05, 0.1) is 6.07 Å². The van der Waals surface area contributed by atoms with Gasteiger partial charge in [-0.3, -0.25) is 0 Å². The number of aliphatic carboxylic acids is 1. The van der Waals surface area contributed by atoms with Gasteiger partial charge in [0.25, 0.3) is 0 Å². The predicted molar refractivity (Wildman–Crippen MR) is 93.6 cm³/mol. The van der Waals surface area contributed by atoms with Gasteiger partial charge in [-0.2, -0.15) is 5.26 Å². The second-order valence-electron chi connectivity index (χ2n) is 6.71. The highest BCUT2D eigenvalue weighted by atomic mass is 16.4. The zero-order chi connectivity index (χ0) is 17.5. The topological polar surface area (TPSA) is 61.1 Å². The molecule has 0 fully saturated rings. The van der Waals surface area contributed by atoms with E-state index in [2.05, 4.69) is 6.07 Å². The van der Waals surface area contributed by atoms with Gasteiger partial charge in [-0.25, -0.2) is 4.79 Å². The molecule has 0 atom stereocenters. The first-order valence-electron chi connectivity index (χ1n) is 7.50. The van der Waals surface area contributed by atoms with E-state index in [1.807, 2.05) is 57.2 Å². The molecule has 0 aliphatic rings. The van der Waals surface area contributed by atoms with E-state index in [0.29, 0.717) is 23.1 Å². The summed E-state index contributed by atoms with van der Waals surface area (Å²) in [6.45, 7) is 7.71. The van der Waals surface area contributed by atoms with Crippen molar-refractivity contribution >= 4 is 12.0 Å². The fraction of sp³-hybridized carbons (Fsp3) is 0.300. The van der Waals surface area contributed by atoms with Gasteiger partial charge in [0, 0.05) is 11.1 Å². The summed E-state index contributed by atoms with van der Waals surface area (Å²) in [5, 5.41) is 18.5. The molecular weight excluding hydrogens is 286 g/mol. The van der Waals surface area contributed by atoms with Crippen LogP contribution < -0.4 is 0 Å². The fourth-order valence-corrected chi connectivity index (χ4v) is 2.11. The number of carbonyl (C=O) groups is 1. The smallest absolute Gasteiger partial charge is 0.331 e. The minimum absolute atomic E-state index is 0.129. The SMILES string of the molecule is CC(C#N)=CC(=Cc1ccccc1)C=C(CC(C)(C)C)C(=O)O. The molecule has 3 heteroatoms. The molecule has 0 heterocycles. The van der Waals surface area contributed by atoms with E-state index in [4.69, 9.17) is 5.26 Å². The predicted octanol–water partition coefficient (Wildman–Crippen LogP) is 4.99. The number of nitriles is 1. The van der Waals surface area contributed by atoms with Gasteiger partial charge in [0.15, 0.2) is 0 Å². The number of nitrogens with zero attached hydrogens (tertiary/aromatic N) is 1. The molecule has 3 nitrogen and oxygen atoms in total. The molecule has 1 aromatic rings. The lowest BCUT2D eigenvalue weighted by Gasteiger charge is -2.18. The third-order valence-corrected chi connectivity index (χ3v) is 3.03. The van der Waals surface area contributed by atoms with Crippen LogP contribution in [0.25, 0.3) is 6.08 Å². The van der Waals surface area contributed by atoms with Crippen molar-refractivity contribution in [2.75, 3.05) is 0 Å². The van der Waals surface area contributed by atoms with E-state index in [1.54, 1.807) is 19.1 Å². The molecule has 120 valence electrons. The van der Waals surface area contributed by atoms with Gasteiger partial charge < -0.3 is 5.11 Å². The summed E-state index contributed by atoms with van der Waals surface area (Å²) < 4.78 is 0. The molecule has 0 unspecified atom stereocenters. The maximum absolute atomic E-state index is 11.5. The van der Waals surface area contributed by atoms with Crippen molar-refractivity contribution in [1.29, 1.82) is 5.26 Å². The van der Waals surface area contributed by atoms with Crippen LogP contribution in [-0.2, 0) is 4.79 Å². The van der Waals surface area contributed by atoms with Crippen LogP contribution in [0.3, 0.4) is 0 Å². The lowest BCUT2D eigenvalue weighted by molar-refractivity contribution is -0.133. The number of benzene rings is 1. The Morgan fingerprint density at radius 2 is 1.83 bits per heavy atom. The van der Waals surface area contributed by atoms with E-state index in [9.17, 15) is 9.90 Å². The summed E-state index contributed by atoms with van der Waals surface area (Å²) in [5.41, 5.74) is 2.40. The third-order valence-electron chi connectivity index (χ3n) is 3.03. The van der Waals surface area contributed by atoms with Gasteiger partial charge in [-0.15, -0.1) is 0 Å². The van der Waals surface area contributed by atoms with Crippen LogP contribution in [0.2, 0.25) is 0 Å². The number of carboxylic acid groups (broad SMARTS) is 1. The Labute approximate surface area is 138 Å². The van der Waals surface area contributed by atoms with Crippen LogP contribution in [-0.4, -0.2) is 11.1 Å². The highest BCUT2D eigenvalue weighted by Gasteiger charge is 2.18. The van der Waals surface area contributed by atoms with Crippen molar-refractivity contribution in [3.8, 4) is 6.07 Å². The van der Waals surface area contributed by atoms with Crippen molar-refractivity contribution < 1.29 is 9.90 Å². The van der Waals surface area contributed by atoms with E-state index < -0.39 is 5.97 Å². The molecule has 0 aliphatic heterocycles. The molecule has 0 bridgehead atoms. The van der Waals surface area contributed by atoms with Crippen molar-refractivity contribution in [2.24, 2.45) is 5.41 Å². The first kappa shape index (κ1) is 18.4.